The number of aromatic nitrogens is 4. The van der Waals surface area contributed by atoms with Gasteiger partial charge in [-0.05, 0) is 40.0 Å². The normalized spacial score (nSPS) is 14.3. The average Bonchev–Trinajstić information content (AvgIpc) is 3.15. The third kappa shape index (κ3) is 4.27. The van der Waals surface area contributed by atoms with Crippen molar-refractivity contribution < 1.29 is 13.6 Å². The number of carbonyl (C=O) groups excluding carboxylic acids is 1. The van der Waals surface area contributed by atoms with E-state index in [4.69, 9.17) is 0 Å². The smallest absolute Gasteiger partial charge is 0.323 e. The number of halogens is 2. The number of hydrogen-bond acceptors (Lipinski definition) is 7. The zero-order valence-electron chi connectivity index (χ0n) is 17.5. The van der Waals surface area contributed by atoms with Crippen molar-refractivity contribution in [1.29, 1.82) is 0 Å². The van der Waals surface area contributed by atoms with Crippen LogP contribution in [0.25, 0.3) is 21.5 Å². The summed E-state index contributed by atoms with van der Waals surface area (Å²) in [6.45, 7) is 6.71. The molecule has 164 valence electrons. The minimum atomic E-state index is -0.793. The molecule has 0 aromatic carbocycles. The van der Waals surface area contributed by atoms with Crippen LogP contribution in [-0.4, -0.2) is 50.2 Å². The van der Waals surface area contributed by atoms with Gasteiger partial charge in [0, 0.05) is 19.1 Å². The summed E-state index contributed by atoms with van der Waals surface area (Å²) >= 11 is 1.19. The summed E-state index contributed by atoms with van der Waals surface area (Å²) in [5.74, 6) is -1.79. The summed E-state index contributed by atoms with van der Waals surface area (Å²) in [5, 5.41) is 14.6. The minimum Gasteiger partial charge on any atom is -0.382 e. The number of nitrogens with one attached hydrogen (secondary N) is 2. The Labute approximate surface area is 182 Å². The third-order valence-corrected chi connectivity index (χ3v) is 5.82. The van der Waals surface area contributed by atoms with E-state index in [1.54, 1.807) is 11.8 Å². The van der Waals surface area contributed by atoms with Crippen LogP contribution in [0, 0.1) is 18.7 Å². The number of fused-ring (bicyclic) bond motifs is 1. The molecule has 4 heterocycles. The second-order valence-corrected chi connectivity index (χ2v) is 8.92. The predicted octanol–water partition coefficient (Wildman–Crippen LogP) is 4.57. The van der Waals surface area contributed by atoms with E-state index in [0.29, 0.717) is 23.1 Å². The summed E-state index contributed by atoms with van der Waals surface area (Å²) in [6.07, 6.45) is 4.16. The first-order valence-electron chi connectivity index (χ1n) is 10.2. The summed E-state index contributed by atoms with van der Waals surface area (Å²) in [7, 11) is 0. The highest BCUT2D eigenvalue weighted by Crippen LogP contribution is 2.39. The van der Waals surface area contributed by atoms with Gasteiger partial charge in [-0.25, -0.2) is 19.2 Å². The SMILES string of the molecule is Cc1nnc(-c2c(F)nc3cnc(NC(=O)N4CCCCC4)c(F)c3c2NC(C)C)s1. The standard InChI is InChI=1S/C20H23F2N7OS/c1-10(2)24-16-13-12(25-17(22)14(16)19-28-27-11(3)31-19)9-23-18(15(13)21)26-20(30)29-7-5-4-6-8-29/h9-10H,4-8H2,1-3H3,(H,24,25)(H,23,26,30). The second-order valence-electron chi connectivity index (χ2n) is 7.74. The number of anilines is 2. The van der Waals surface area contributed by atoms with Crippen molar-refractivity contribution in [3.63, 3.8) is 0 Å². The first kappa shape index (κ1) is 21.3. The number of nitrogens with zero attached hydrogens (tertiary/aromatic N) is 5. The molecule has 31 heavy (non-hydrogen) atoms. The maximum absolute atomic E-state index is 15.6. The molecule has 2 amide bonds. The lowest BCUT2D eigenvalue weighted by Gasteiger charge is -2.26. The van der Waals surface area contributed by atoms with Crippen LogP contribution in [0.2, 0.25) is 0 Å². The fourth-order valence-electron chi connectivity index (χ4n) is 3.58. The average molecular weight is 448 g/mol. The molecule has 3 aromatic rings. The Morgan fingerprint density at radius 2 is 1.94 bits per heavy atom. The Balaban J connectivity index is 1.83. The Bertz CT molecular complexity index is 1130. The number of aryl methyl sites for hydroxylation is 1. The fourth-order valence-corrected chi connectivity index (χ4v) is 4.31. The molecular weight excluding hydrogens is 424 g/mol. The van der Waals surface area contributed by atoms with E-state index in [0.717, 1.165) is 19.3 Å². The van der Waals surface area contributed by atoms with E-state index < -0.39 is 17.8 Å². The third-order valence-electron chi connectivity index (χ3n) is 4.97. The highest BCUT2D eigenvalue weighted by molar-refractivity contribution is 7.14. The molecule has 3 aromatic heterocycles. The van der Waals surface area contributed by atoms with Crippen molar-refractivity contribution in [2.75, 3.05) is 23.7 Å². The molecule has 0 aliphatic carbocycles. The zero-order chi connectivity index (χ0) is 22.1. The quantitative estimate of drug-likeness (QED) is 0.569. The number of urea groups is 1. The molecule has 8 nitrogen and oxygen atoms in total. The van der Waals surface area contributed by atoms with Crippen LogP contribution in [0.5, 0.6) is 0 Å². The van der Waals surface area contributed by atoms with Gasteiger partial charge in [0.1, 0.15) is 5.01 Å². The van der Waals surface area contributed by atoms with E-state index in [-0.39, 0.29) is 34.0 Å². The summed E-state index contributed by atoms with van der Waals surface area (Å²) in [4.78, 5) is 22.1. The number of hydrogen-bond donors (Lipinski definition) is 2. The molecule has 0 radical (unpaired) electrons. The Kier molecular flexibility index (Phi) is 5.94. The van der Waals surface area contributed by atoms with Gasteiger partial charge in [0.15, 0.2) is 16.6 Å². The topological polar surface area (TPSA) is 95.9 Å². The summed E-state index contributed by atoms with van der Waals surface area (Å²) in [5.41, 5.74) is 0.298. The van der Waals surface area contributed by atoms with Gasteiger partial charge >= 0.3 is 6.03 Å². The molecule has 0 atom stereocenters. The predicted molar refractivity (Wildman–Crippen MR) is 116 cm³/mol. The monoisotopic (exact) mass is 447 g/mol. The van der Waals surface area contributed by atoms with Crippen LogP contribution >= 0.6 is 11.3 Å². The van der Waals surface area contributed by atoms with E-state index in [9.17, 15) is 9.18 Å². The van der Waals surface area contributed by atoms with Gasteiger partial charge < -0.3 is 10.2 Å². The molecule has 0 unspecified atom stereocenters. The van der Waals surface area contributed by atoms with Gasteiger partial charge in [-0.15, -0.1) is 10.2 Å². The Morgan fingerprint density at radius 1 is 1.19 bits per heavy atom. The first-order valence-corrected chi connectivity index (χ1v) is 11.0. The largest absolute Gasteiger partial charge is 0.382 e. The van der Waals surface area contributed by atoms with Crippen LogP contribution in [-0.2, 0) is 0 Å². The van der Waals surface area contributed by atoms with Crippen molar-refractivity contribution in [3.8, 4) is 10.6 Å². The number of amides is 2. The van der Waals surface area contributed by atoms with E-state index in [1.807, 2.05) is 13.8 Å². The van der Waals surface area contributed by atoms with Crippen molar-refractivity contribution in [2.45, 2.75) is 46.1 Å². The Hall–Kier alpha value is -2.95. The van der Waals surface area contributed by atoms with Gasteiger partial charge in [0.2, 0.25) is 5.95 Å². The number of rotatable bonds is 4. The van der Waals surface area contributed by atoms with Crippen LogP contribution in [0.4, 0.5) is 25.1 Å². The van der Waals surface area contributed by atoms with E-state index in [2.05, 4.69) is 30.8 Å². The zero-order valence-corrected chi connectivity index (χ0v) is 18.3. The molecular formula is C20H23F2N7OS. The fraction of sp³-hybridized carbons (Fsp3) is 0.450. The minimum absolute atomic E-state index is 0.0408. The highest BCUT2D eigenvalue weighted by Gasteiger charge is 2.26. The number of likely N-dealkylation sites (tertiary alicyclic amines) is 1. The molecule has 4 rings (SSSR count). The lowest BCUT2D eigenvalue weighted by Crippen LogP contribution is -2.39. The molecule has 1 aliphatic rings. The molecule has 1 fully saturated rings. The van der Waals surface area contributed by atoms with Gasteiger partial charge in [0.05, 0.1) is 28.4 Å². The second kappa shape index (κ2) is 8.66. The first-order chi connectivity index (χ1) is 14.8. The summed E-state index contributed by atoms with van der Waals surface area (Å²) in [6, 6.07) is -0.532. The highest BCUT2D eigenvalue weighted by atomic mass is 32.1. The van der Waals surface area contributed by atoms with Gasteiger partial charge in [0.25, 0.3) is 0 Å². The Morgan fingerprint density at radius 3 is 2.58 bits per heavy atom. The lowest BCUT2D eigenvalue weighted by atomic mass is 10.1. The van der Waals surface area contributed by atoms with Crippen LogP contribution in [0.1, 0.15) is 38.1 Å². The van der Waals surface area contributed by atoms with Crippen molar-refractivity contribution >= 4 is 39.8 Å². The van der Waals surface area contributed by atoms with Crippen LogP contribution in [0.15, 0.2) is 6.20 Å². The molecule has 11 heteroatoms. The van der Waals surface area contributed by atoms with E-state index >= 15 is 4.39 Å². The molecule has 0 bridgehead atoms. The van der Waals surface area contributed by atoms with Gasteiger partial charge in [-0.1, -0.05) is 11.3 Å². The maximum atomic E-state index is 15.6. The van der Waals surface area contributed by atoms with E-state index in [1.165, 1.54) is 17.5 Å². The molecule has 0 saturated carbocycles. The molecule has 1 saturated heterocycles. The number of piperidine rings is 1. The van der Waals surface area contributed by atoms with Gasteiger partial charge in [-0.2, -0.15) is 4.39 Å². The van der Waals surface area contributed by atoms with Crippen molar-refractivity contribution in [3.05, 3.63) is 23.0 Å². The van der Waals surface area contributed by atoms with Crippen LogP contribution < -0.4 is 10.6 Å². The summed E-state index contributed by atoms with van der Waals surface area (Å²) < 4.78 is 30.6. The van der Waals surface area contributed by atoms with Crippen LogP contribution in [0.3, 0.4) is 0 Å². The maximum Gasteiger partial charge on any atom is 0.323 e. The molecule has 2 N–H and O–H groups in total. The number of pyridine rings is 2. The molecule has 1 aliphatic heterocycles. The van der Waals surface area contributed by atoms with Gasteiger partial charge in [-0.3, -0.25) is 5.32 Å². The van der Waals surface area contributed by atoms with Crippen molar-refractivity contribution in [1.82, 2.24) is 25.1 Å². The number of carbonyl (C=O) groups is 1. The lowest BCUT2D eigenvalue weighted by molar-refractivity contribution is 0.200. The molecule has 0 spiro atoms. The van der Waals surface area contributed by atoms with Crippen molar-refractivity contribution in [2.24, 2.45) is 0 Å².